The van der Waals surface area contributed by atoms with E-state index >= 15 is 0 Å². The van der Waals surface area contributed by atoms with Crippen LogP contribution in [0.4, 0.5) is 11.4 Å². The second kappa shape index (κ2) is 4.59. The lowest BCUT2D eigenvalue weighted by Crippen LogP contribution is -2.17. The zero-order chi connectivity index (χ0) is 15.3. The minimum Gasteiger partial charge on any atom is -0.348 e. The van der Waals surface area contributed by atoms with Crippen LogP contribution >= 0.6 is 0 Å². The molecule has 0 radical (unpaired) electrons. The molecule has 22 heavy (non-hydrogen) atoms. The van der Waals surface area contributed by atoms with E-state index in [1.165, 1.54) is 0 Å². The zero-order valence-corrected chi connectivity index (χ0v) is 12.5. The fourth-order valence-corrected chi connectivity index (χ4v) is 3.04. The Hall–Kier alpha value is -2.82. The smallest absolute Gasteiger partial charge is 0.254 e. The van der Waals surface area contributed by atoms with Crippen LogP contribution in [0.1, 0.15) is 15.9 Å². The minimum atomic E-state index is -0.0000872. The lowest BCUT2D eigenvalue weighted by Gasteiger charge is -2.21. The molecular formula is C17H16N4O. The van der Waals surface area contributed by atoms with Crippen molar-refractivity contribution >= 4 is 28.2 Å². The first kappa shape index (κ1) is 12.9. The van der Waals surface area contributed by atoms with Crippen LogP contribution < -0.4 is 10.2 Å². The molecule has 0 saturated heterocycles. The van der Waals surface area contributed by atoms with Gasteiger partial charge in [0.2, 0.25) is 0 Å². The quantitative estimate of drug-likeness (QED) is 0.790. The maximum atomic E-state index is 12.1. The highest BCUT2D eigenvalue weighted by atomic mass is 16.1. The first-order valence-electron chi connectivity index (χ1n) is 7.21. The number of amides is 1. The molecule has 1 aliphatic rings. The third-order valence-corrected chi connectivity index (χ3v) is 4.27. The number of nitrogens with one attached hydrogen (secondary N) is 1. The van der Waals surface area contributed by atoms with Gasteiger partial charge < -0.3 is 10.2 Å². The van der Waals surface area contributed by atoms with Crippen molar-refractivity contribution in [3.8, 4) is 0 Å². The molecule has 0 aliphatic carbocycles. The Bertz CT molecular complexity index is 897. The number of anilines is 2. The summed E-state index contributed by atoms with van der Waals surface area (Å²) in [7, 11) is 3.92. The standard InChI is InChI=1S/C17H16N4O/c1-20(13-6-7-14-12(8-13)10-19-21(14)2)15-5-3-4-11-9-18-17(22)16(11)15/h3-8,10H,9H2,1-2H3,(H,18,22). The molecule has 5 heteroatoms. The number of hydrogen-bond donors (Lipinski definition) is 1. The number of carbonyl (C=O) groups is 1. The number of aromatic nitrogens is 2. The van der Waals surface area contributed by atoms with Crippen LogP contribution in [-0.4, -0.2) is 22.7 Å². The Balaban J connectivity index is 1.82. The summed E-state index contributed by atoms with van der Waals surface area (Å²) in [6, 6.07) is 12.2. The summed E-state index contributed by atoms with van der Waals surface area (Å²) in [6.07, 6.45) is 1.86. The van der Waals surface area contributed by atoms with Crippen LogP contribution in [0, 0.1) is 0 Å². The molecule has 1 amide bonds. The lowest BCUT2D eigenvalue weighted by atomic mass is 10.1. The van der Waals surface area contributed by atoms with Crippen molar-refractivity contribution in [2.75, 3.05) is 11.9 Å². The van der Waals surface area contributed by atoms with Crippen LogP contribution in [0.15, 0.2) is 42.6 Å². The van der Waals surface area contributed by atoms with Crippen molar-refractivity contribution in [3.63, 3.8) is 0 Å². The van der Waals surface area contributed by atoms with Gasteiger partial charge in [0.1, 0.15) is 0 Å². The molecule has 2 aromatic carbocycles. The molecule has 1 N–H and O–H groups in total. The molecule has 2 heterocycles. The molecule has 0 bridgehead atoms. The number of aryl methyl sites for hydroxylation is 1. The minimum absolute atomic E-state index is 0.0000872. The van der Waals surface area contributed by atoms with Crippen molar-refractivity contribution in [3.05, 3.63) is 53.7 Å². The predicted molar refractivity (Wildman–Crippen MR) is 86.4 cm³/mol. The molecule has 0 atom stereocenters. The van der Waals surface area contributed by atoms with Crippen molar-refractivity contribution in [1.29, 1.82) is 0 Å². The van der Waals surface area contributed by atoms with Crippen LogP contribution in [0.2, 0.25) is 0 Å². The molecule has 0 fully saturated rings. The van der Waals surface area contributed by atoms with Crippen molar-refractivity contribution in [1.82, 2.24) is 15.1 Å². The molecule has 0 saturated carbocycles. The van der Waals surface area contributed by atoms with E-state index in [1.54, 1.807) is 0 Å². The van der Waals surface area contributed by atoms with Gasteiger partial charge in [-0.05, 0) is 29.8 Å². The molecule has 110 valence electrons. The van der Waals surface area contributed by atoms with Crippen molar-refractivity contribution in [2.24, 2.45) is 7.05 Å². The van der Waals surface area contributed by atoms with E-state index in [1.807, 2.05) is 43.2 Å². The summed E-state index contributed by atoms with van der Waals surface area (Å²) >= 11 is 0. The maximum absolute atomic E-state index is 12.1. The Labute approximate surface area is 128 Å². The average Bonchev–Trinajstić information content (AvgIpc) is 3.10. The molecule has 0 unspecified atom stereocenters. The molecule has 3 aromatic rings. The summed E-state index contributed by atoms with van der Waals surface area (Å²) in [5, 5.41) is 8.25. The van der Waals surface area contributed by atoms with Gasteiger partial charge in [0.25, 0.3) is 5.91 Å². The monoisotopic (exact) mass is 292 g/mol. The molecule has 4 rings (SSSR count). The second-order valence-corrected chi connectivity index (χ2v) is 5.56. The molecule has 0 spiro atoms. The van der Waals surface area contributed by atoms with E-state index in [9.17, 15) is 4.79 Å². The van der Waals surface area contributed by atoms with Gasteiger partial charge in [0.05, 0.1) is 23.0 Å². The topological polar surface area (TPSA) is 50.2 Å². The highest BCUT2D eigenvalue weighted by Gasteiger charge is 2.24. The van der Waals surface area contributed by atoms with E-state index in [2.05, 4.69) is 33.5 Å². The van der Waals surface area contributed by atoms with Gasteiger partial charge in [0, 0.05) is 31.7 Å². The highest BCUT2D eigenvalue weighted by molar-refractivity contribution is 6.04. The Morgan fingerprint density at radius 2 is 2.14 bits per heavy atom. The van der Waals surface area contributed by atoms with E-state index in [-0.39, 0.29) is 5.91 Å². The largest absolute Gasteiger partial charge is 0.348 e. The van der Waals surface area contributed by atoms with Crippen molar-refractivity contribution < 1.29 is 4.79 Å². The van der Waals surface area contributed by atoms with Crippen LogP contribution in [-0.2, 0) is 13.6 Å². The van der Waals surface area contributed by atoms with Gasteiger partial charge in [-0.25, -0.2) is 0 Å². The number of nitrogens with zero attached hydrogens (tertiary/aromatic N) is 3. The second-order valence-electron chi connectivity index (χ2n) is 5.56. The summed E-state index contributed by atoms with van der Waals surface area (Å²) in [6.45, 7) is 0.609. The normalized spacial score (nSPS) is 13.3. The number of rotatable bonds is 2. The van der Waals surface area contributed by atoms with E-state index in [0.717, 1.165) is 33.4 Å². The number of benzene rings is 2. The van der Waals surface area contributed by atoms with Crippen LogP contribution in [0.3, 0.4) is 0 Å². The van der Waals surface area contributed by atoms with Gasteiger partial charge in [-0.2, -0.15) is 5.10 Å². The molecule has 5 nitrogen and oxygen atoms in total. The Morgan fingerprint density at radius 3 is 3.00 bits per heavy atom. The average molecular weight is 292 g/mol. The zero-order valence-electron chi connectivity index (χ0n) is 12.5. The van der Waals surface area contributed by atoms with Gasteiger partial charge in [-0.1, -0.05) is 12.1 Å². The number of carbonyl (C=O) groups excluding carboxylic acids is 1. The lowest BCUT2D eigenvalue weighted by molar-refractivity contribution is 0.0966. The van der Waals surface area contributed by atoms with Gasteiger partial charge in [0.15, 0.2) is 0 Å². The highest BCUT2D eigenvalue weighted by Crippen LogP contribution is 2.32. The van der Waals surface area contributed by atoms with Crippen LogP contribution in [0.25, 0.3) is 10.9 Å². The summed E-state index contributed by atoms with van der Waals surface area (Å²) in [5.74, 6) is -0.0000872. The first-order valence-corrected chi connectivity index (χ1v) is 7.21. The van der Waals surface area contributed by atoms with E-state index in [4.69, 9.17) is 0 Å². The van der Waals surface area contributed by atoms with E-state index in [0.29, 0.717) is 6.54 Å². The maximum Gasteiger partial charge on any atom is 0.254 e. The summed E-state index contributed by atoms with van der Waals surface area (Å²) < 4.78 is 1.85. The Morgan fingerprint density at radius 1 is 1.27 bits per heavy atom. The SMILES string of the molecule is CN(c1ccc2c(cnn2C)c1)c1cccc2c1C(=O)NC2. The van der Waals surface area contributed by atoms with Gasteiger partial charge in [-0.15, -0.1) is 0 Å². The third kappa shape index (κ3) is 1.79. The third-order valence-electron chi connectivity index (χ3n) is 4.27. The summed E-state index contributed by atoms with van der Waals surface area (Å²) in [5.41, 5.74) is 4.88. The fourth-order valence-electron chi connectivity index (χ4n) is 3.04. The molecule has 1 aromatic heterocycles. The number of hydrogen-bond acceptors (Lipinski definition) is 3. The van der Waals surface area contributed by atoms with E-state index < -0.39 is 0 Å². The summed E-state index contributed by atoms with van der Waals surface area (Å²) in [4.78, 5) is 14.1. The fraction of sp³-hybridized carbons (Fsp3) is 0.176. The van der Waals surface area contributed by atoms with Gasteiger partial charge in [-0.3, -0.25) is 9.48 Å². The molecule has 1 aliphatic heterocycles. The number of fused-ring (bicyclic) bond motifs is 2. The van der Waals surface area contributed by atoms with Crippen molar-refractivity contribution in [2.45, 2.75) is 6.54 Å². The predicted octanol–water partition coefficient (Wildman–Crippen LogP) is 2.58. The first-order chi connectivity index (χ1) is 10.6. The Kier molecular flexibility index (Phi) is 2.69. The molecular weight excluding hydrogens is 276 g/mol. The van der Waals surface area contributed by atoms with Crippen LogP contribution in [0.5, 0.6) is 0 Å². The van der Waals surface area contributed by atoms with Gasteiger partial charge >= 0.3 is 0 Å².